The average Bonchev–Trinajstić information content (AvgIpc) is 2.55. The minimum atomic E-state index is -0.354. The Labute approximate surface area is 146 Å². The third-order valence-electron chi connectivity index (χ3n) is 4.53. The number of H-pyrrole nitrogens is 1. The summed E-state index contributed by atoms with van der Waals surface area (Å²) in [6, 6.07) is 10.6. The summed E-state index contributed by atoms with van der Waals surface area (Å²) in [7, 11) is 1.99. The van der Waals surface area contributed by atoms with E-state index in [2.05, 4.69) is 34.8 Å². The number of halogens is 1. The third kappa shape index (κ3) is 4.12. The van der Waals surface area contributed by atoms with Crippen molar-refractivity contribution in [3.05, 3.63) is 75.6 Å². The molecule has 5 heteroatoms. The van der Waals surface area contributed by atoms with Gasteiger partial charge in [-0.2, -0.15) is 0 Å². The second-order valence-corrected chi connectivity index (χ2v) is 6.65. The van der Waals surface area contributed by atoms with Crippen LogP contribution < -0.4 is 5.56 Å². The number of nitrogens with one attached hydrogen (secondary N) is 1. The van der Waals surface area contributed by atoms with Gasteiger partial charge in [-0.15, -0.1) is 0 Å². The maximum atomic E-state index is 13.3. The maximum Gasteiger partial charge on any atom is 0.252 e. The van der Waals surface area contributed by atoms with Gasteiger partial charge in [0.2, 0.25) is 0 Å². The maximum absolute atomic E-state index is 13.3. The molecule has 0 spiro atoms. The minimum absolute atomic E-state index is 0.175. The quantitative estimate of drug-likeness (QED) is 0.775. The van der Waals surface area contributed by atoms with Gasteiger partial charge in [0.05, 0.1) is 5.52 Å². The lowest BCUT2D eigenvalue weighted by molar-refractivity contribution is 0.246. The Bertz CT molecular complexity index is 951. The lowest BCUT2D eigenvalue weighted by Crippen LogP contribution is -2.32. The van der Waals surface area contributed by atoms with Crippen LogP contribution >= 0.6 is 0 Å². The largest absolute Gasteiger partial charge is 0.322 e. The van der Waals surface area contributed by atoms with Gasteiger partial charge >= 0.3 is 0 Å². The van der Waals surface area contributed by atoms with Crippen molar-refractivity contribution >= 4 is 10.9 Å². The molecule has 1 atom stereocenters. The monoisotopic (exact) mass is 339 g/mol. The summed E-state index contributed by atoms with van der Waals surface area (Å²) in [5, 5.41) is 0.831. The molecule has 2 aromatic heterocycles. The van der Waals surface area contributed by atoms with E-state index < -0.39 is 0 Å². The van der Waals surface area contributed by atoms with Crippen molar-refractivity contribution in [3.8, 4) is 0 Å². The molecule has 0 bridgehead atoms. The first kappa shape index (κ1) is 17.3. The highest BCUT2D eigenvalue weighted by Crippen LogP contribution is 2.15. The number of rotatable bonds is 5. The van der Waals surface area contributed by atoms with E-state index in [9.17, 15) is 9.18 Å². The van der Waals surface area contributed by atoms with Crippen molar-refractivity contribution in [2.75, 3.05) is 7.05 Å². The Morgan fingerprint density at radius 3 is 2.80 bits per heavy atom. The molecule has 0 saturated heterocycles. The second kappa shape index (κ2) is 7.15. The number of benzene rings is 1. The molecule has 0 aliphatic carbocycles. The zero-order valence-electron chi connectivity index (χ0n) is 14.7. The van der Waals surface area contributed by atoms with Crippen LogP contribution in [0.5, 0.6) is 0 Å². The molecule has 0 aliphatic heterocycles. The van der Waals surface area contributed by atoms with Crippen molar-refractivity contribution < 1.29 is 4.39 Å². The van der Waals surface area contributed by atoms with Gasteiger partial charge in [-0.1, -0.05) is 0 Å². The molecule has 0 radical (unpaired) electrons. The molecular weight excluding hydrogens is 317 g/mol. The summed E-state index contributed by atoms with van der Waals surface area (Å²) < 4.78 is 13.3. The molecule has 1 N–H and O–H groups in total. The summed E-state index contributed by atoms with van der Waals surface area (Å²) in [5.74, 6) is -0.354. The summed E-state index contributed by atoms with van der Waals surface area (Å²) in [4.78, 5) is 21.6. The molecule has 0 unspecified atom stereocenters. The van der Waals surface area contributed by atoms with Crippen LogP contribution in [0, 0.1) is 12.7 Å². The highest BCUT2D eigenvalue weighted by Gasteiger charge is 2.14. The van der Waals surface area contributed by atoms with Gasteiger partial charge in [0.15, 0.2) is 0 Å². The van der Waals surface area contributed by atoms with E-state index in [-0.39, 0.29) is 17.4 Å². The lowest BCUT2D eigenvalue weighted by atomic mass is 10.1. The zero-order valence-corrected chi connectivity index (χ0v) is 14.7. The Morgan fingerprint density at radius 2 is 2.04 bits per heavy atom. The van der Waals surface area contributed by atoms with E-state index in [0.717, 1.165) is 17.5 Å². The minimum Gasteiger partial charge on any atom is -0.322 e. The number of likely N-dealkylation sites (N-methyl/N-ethyl adjacent to an activating group) is 1. The van der Waals surface area contributed by atoms with E-state index in [1.165, 1.54) is 17.7 Å². The van der Waals surface area contributed by atoms with Crippen molar-refractivity contribution in [1.29, 1.82) is 0 Å². The number of aryl methyl sites for hydroxylation is 1. The molecule has 3 aromatic rings. The highest BCUT2D eigenvalue weighted by molar-refractivity contribution is 5.78. The van der Waals surface area contributed by atoms with Gasteiger partial charge in [0, 0.05) is 36.5 Å². The average molecular weight is 339 g/mol. The smallest absolute Gasteiger partial charge is 0.252 e. The summed E-state index contributed by atoms with van der Waals surface area (Å²) in [5.41, 5.74) is 3.25. The number of fused-ring (bicyclic) bond motifs is 1. The Balaban J connectivity index is 1.76. The van der Waals surface area contributed by atoms with Crippen LogP contribution in [0.4, 0.5) is 4.39 Å². The molecule has 1 aromatic carbocycles. The Morgan fingerprint density at radius 1 is 1.24 bits per heavy atom. The van der Waals surface area contributed by atoms with Gasteiger partial charge in [-0.25, -0.2) is 4.39 Å². The van der Waals surface area contributed by atoms with Crippen molar-refractivity contribution in [1.82, 2.24) is 14.9 Å². The fourth-order valence-corrected chi connectivity index (χ4v) is 2.93. The predicted molar refractivity (Wildman–Crippen MR) is 98.1 cm³/mol. The van der Waals surface area contributed by atoms with Crippen LogP contribution in [-0.4, -0.2) is 28.0 Å². The normalized spacial score (nSPS) is 12.7. The molecule has 0 saturated carbocycles. The van der Waals surface area contributed by atoms with E-state index in [0.29, 0.717) is 17.6 Å². The van der Waals surface area contributed by atoms with Crippen LogP contribution in [0.3, 0.4) is 0 Å². The number of pyridine rings is 2. The van der Waals surface area contributed by atoms with Crippen molar-refractivity contribution in [2.24, 2.45) is 0 Å². The first-order chi connectivity index (χ1) is 11.9. The fraction of sp³-hybridized carbons (Fsp3) is 0.300. The van der Waals surface area contributed by atoms with Crippen LogP contribution in [0.15, 0.2) is 47.4 Å². The SMILES string of the molecule is Cc1ccnc(C[C@@H](C)N(C)Cc2cc3ccc(F)cc3[nH]c2=O)c1. The zero-order chi connectivity index (χ0) is 18.0. The van der Waals surface area contributed by atoms with Gasteiger partial charge in [0.1, 0.15) is 5.82 Å². The molecule has 130 valence electrons. The van der Waals surface area contributed by atoms with Crippen LogP contribution in [0.25, 0.3) is 10.9 Å². The van der Waals surface area contributed by atoms with Gasteiger partial charge < -0.3 is 4.98 Å². The van der Waals surface area contributed by atoms with Crippen LogP contribution in [-0.2, 0) is 13.0 Å². The second-order valence-electron chi connectivity index (χ2n) is 6.65. The van der Waals surface area contributed by atoms with Gasteiger partial charge in [0.25, 0.3) is 5.56 Å². The fourth-order valence-electron chi connectivity index (χ4n) is 2.93. The van der Waals surface area contributed by atoms with E-state index in [4.69, 9.17) is 0 Å². The Kier molecular flexibility index (Phi) is 4.95. The first-order valence-electron chi connectivity index (χ1n) is 8.35. The van der Waals surface area contributed by atoms with Crippen molar-refractivity contribution in [3.63, 3.8) is 0 Å². The topological polar surface area (TPSA) is 49.0 Å². The first-order valence-corrected chi connectivity index (χ1v) is 8.35. The van der Waals surface area contributed by atoms with E-state index in [1.807, 2.05) is 25.4 Å². The van der Waals surface area contributed by atoms with Crippen LogP contribution in [0.2, 0.25) is 0 Å². The van der Waals surface area contributed by atoms with E-state index >= 15 is 0 Å². The van der Waals surface area contributed by atoms with Gasteiger partial charge in [-0.3, -0.25) is 14.7 Å². The van der Waals surface area contributed by atoms with Crippen molar-refractivity contribution in [2.45, 2.75) is 32.9 Å². The molecule has 0 aliphatic rings. The molecule has 4 nitrogen and oxygen atoms in total. The summed E-state index contributed by atoms with van der Waals surface area (Å²) in [6.07, 6.45) is 2.64. The number of hydrogen-bond acceptors (Lipinski definition) is 3. The Hall–Kier alpha value is -2.53. The molecule has 25 heavy (non-hydrogen) atoms. The summed E-state index contributed by atoms with van der Waals surface area (Å²) in [6.45, 7) is 4.70. The number of aromatic nitrogens is 2. The molecule has 0 fully saturated rings. The summed E-state index contributed by atoms with van der Waals surface area (Å²) >= 11 is 0. The highest BCUT2D eigenvalue weighted by atomic mass is 19.1. The molecule has 2 heterocycles. The van der Waals surface area contributed by atoms with Gasteiger partial charge in [-0.05, 0) is 68.2 Å². The van der Waals surface area contributed by atoms with E-state index in [1.54, 1.807) is 6.07 Å². The molecule has 0 amide bonds. The van der Waals surface area contributed by atoms with Crippen LogP contribution in [0.1, 0.15) is 23.7 Å². The molecular formula is C20H22FN3O. The predicted octanol–water partition coefficient (Wildman–Crippen LogP) is 3.43. The standard InChI is InChI=1S/C20H22FN3O/c1-13-6-7-22-18(8-13)9-14(2)24(3)12-16-10-15-4-5-17(21)11-19(15)23-20(16)25/h4-8,10-11,14H,9,12H2,1-3H3,(H,23,25)/t14-/m1/s1. The number of aromatic amines is 1. The number of hydrogen-bond donors (Lipinski definition) is 1. The number of nitrogens with zero attached hydrogens (tertiary/aromatic N) is 2. The molecule has 3 rings (SSSR count). The lowest BCUT2D eigenvalue weighted by Gasteiger charge is -2.24. The third-order valence-corrected chi connectivity index (χ3v) is 4.53.